The van der Waals surface area contributed by atoms with Crippen LogP contribution in [0.25, 0.3) is 0 Å². The van der Waals surface area contributed by atoms with E-state index < -0.39 is 0 Å². The molecular weight excluding hydrogens is 339 g/mol. The Bertz CT molecular complexity index is 691. The Morgan fingerprint density at radius 3 is 2.35 bits per heavy atom. The lowest BCUT2D eigenvalue weighted by Crippen LogP contribution is -2.50. The second-order valence-electron chi connectivity index (χ2n) is 5.35. The molecule has 1 aromatic heterocycles. The highest BCUT2D eigenvalue weighted by molar-refractivity contribution is 6.35. The summed E-state index contributed by atoms with van der Waals surface area (Å²) in [5, 5.41) is 7.70. The van der Waals surface area contributed by atoms with E-state index >= 15 is 0 Å². The summed E-state index contributed by atoms with van der Waals surface area (Å²) in [5.41, 5.74) is 0.967. The number of carbonyl (C=O) groups excluding carboxylic acids is 1. The number of piperazine rings is 1. The van der Waals surface area contributed by atoms with Gasteiger partial charge in [0.15, 0.2) is 5.82 Å². The zero-order valence-corrected chi connectivity index (χ0v) is 14.1. The van der Waals surface area contributed by atoms with Crippen molar-refractivity contribution in [3.05, 3.63) is 40.1 Å². The highest BCUT2D eigenvalue weighted by atomic mass is 35.5. The lowest BCUT2D eigenvalue weighted by molar-refractivity contribution is 0.208. The molecule has 1 aromatic carbocycles. The van der Waals surface area contributed by atoms with E-state index in [9.17, 15) is 4.79 Å². The topological polar surface area (TPSA) is 61.6 Å². The van der Waals surface area contributed by atoms with Crippen LogP contribution in [-0.4, -0.2) is 42.3 Å². The van der Waals surface area contributed by atoms with Crippen molar-refractivity contribution in [1.82, 2.24) is 10.1 Å². The van der Waals surface area contributed by atoms with Crippen LogP contribution in [0.3, 0.4) is 0 Å². The summed E-state index contributed by atoms with van der Waals surface area (Å²) in [6.45, 7) is 4.40. The quantitative estimate of drug-likeness (QED) is 0.893. The van der Waals surface area contributed by atoms with E-state index in [1.54, 1.807) is 24.0 Å². The van der Waals surface area contributed by atoms with E-state index in [0.717, 1.165) is 5.69 Å². The molecule has 1 saturated heterocycles. The number of hydrogen-bond donors (Lipinski definition) is 1. The summed E-state index contributed by atoms with van der Waals surface area (Å²) in [6.07, 6.45) is 0. The molecule has 1 aliphatic heterocycles. The number of benzene rings is 1. The van der Waals surface area contributed by atoms with Crippen molar-refractivity contribution >= 4 is 40.7 Å². The number of aromatic nitrogens is 1. The number of nitrogens with one attached hydrogen (secondary N) is 1. The third kappa shape index (κ3) is 3.89. The zero-order valence-electron chi connectivity index (χ0n) is 12.6. The number of aryl methyl sites for hydroxylation is 1. The number of nitrogens with zero attached hydrogens (tertiary/aromatic N) is 3. The molecule has 1 aliphatic rings. The SMILES string of the molecule is Cc1cc(NC(=O)N2CCN(c3cc(Cl)cc(Cl)c3)CC2)no1. The fourth-order valence-electron chi connectivity index (χ4n) is 2.50. The summed E-state index contributed by atoms with van der Waals surface area (Å²) in [6, 6.07) is 6.96. The van der Waals surface area contributed by atoms with Gasteiger partial charge in [-0.3, -0.25) is 5.32 Å². The van der Waals surface area contributed by atoms with E-state index in [4.69, 9.17) is 27.7 Å². The Labute approximate surface area is 143 Å². The molecule has 3 rings (SSSR count). The fraction of sp³-hybridized carbons (Fsp3) is 0.333. The molecule has 122 valence electrons. The Morgan fingerprint density at radius 2 is 1.78 bits per heavy atom. The first-order chi connectivity index (χ1) is 11.0. The first-order valence-corrected chi connectivity index (χ1v) is 7.97. The van der Waals surface area contributed by atoms with Gasteiger partial charge < -0.3 is 14.3 Å². The fourth-order valence-corrected chi connectivity index (χ4v) is 3.02. The third-order valence-electron chi connectivity index (χ3n) is 3.64. The van der Waals surface area contributed by atoms with Gasteiger partial charge >= 0.3 is 6.03 Å². The lowest BCUT2D eigenvalue weighted by atomic mass is 10.2. The largest absolute Gasteiger partial charge is 0.368 e. The standard InChI is InChI=1S/C15H16Cl2N4O2/c1-10-6-14(19-23-10)18-15(22)21-4-2-20(3-5-21)13-8-11(16)7-12(17)9-13/h6-9H,2-5H2,1H3,(H,18,19,22). The van der Waals surface area contributed by atoms with E-state index in [1.165, 1.54) is 0 Å². The molecule has 0 saturated carbocycles. The zero-order chi connectivity index (χ0) is 16.4. The molecule has 1 N–H and O–H groups in total. The average molecular weight is 355 g/mol. The van der Waals surface area contributed by atoms with Crippen LogP contribution in [0.5, 0.6) is 0 Å². The van der Waals surface area contributed by atoms with E-state index in [0.29, 0.717) is 47.8 Å². The molecule has 2 amide bonds. The van der Waals surface area contributed by atoms with Gasteiger partial charge in [0.25, 0.3) is 0 Å². The number of rotatable bonds is 2. The van der Waals surface area contributed by atoms with Crippen molar-refractivity contribution in [2.45, 2.75) is 6.92 Å². The van der Waals surface area contributed by atoms with Crippen LogP contribution in [0.1, 0.15) is 5.76 Å². The van der Waals surface area contributed by atoms with Crippen LogP contribution in [0.15, 0.2) is 28.8 Å². The molecular formula is C15H16Cl2N4O2. The van der Waals surface area contributed by atoms with Crippen molar-refractivity contribution in [2.75, 3.05) is 36.4 Å². The molecule has 8 heteroatoms. The van der Waals surface area contributed by atoms with Crippen LogP contribution in [0.2, 0.25) is 10.0 Å². The number of halogens is 2. The van der Waals surface area contributed by atoms with Gasteiger partial charge in [0.1, 0.15) is 5.76 Å². The maximum atomic E-state index is 12.2. The van der Waals surface area contributed by atoms with Crippen LogP contribution >= 0.6 is 23.2 Å². The Hall–Kier alpha value is -1.92. The summed E-state index contributed by atoms with van der Waals surface area (Å²) < 4.78 is 4.93. The van der Waals surface area contributed by atoms with Crippen molar-refractivity contribution in [3.8, 4) is 0 Å². The lowest BCUT2D eigenvalue weighted by Gasteiger charge is -2.36. The molecule has 0 bridgehead atoms. The first kappa shape index (κ1) is 16.0. The van der Waals surface area contributed by atoms with E-state index in [2.05, 4.69) is 15.4 Å². The van der Waals surface area contributed by atoms with Gasteiger partial charge in [-0.05, 0) is 25.1 Å². The average Bonchev–Trinajstić information content (AvgIpc) is 2.91. The van der Waals surface area contributed by atoms with Crippen LogP contribution in [0.4, 0.5) is 16.3 Å². The minimum atomic E-state index is -0.179. The number of carbonyl (C=O) groups is 1. The molecule has 0 atom stereocenters. The van der Waals surface area contributed by atoms with Gasteiger partial charge in [-0.1, -0.05) is 28.4 Å². The molecule has 0 aliphatic carbocycles. The predicted molar refractivity (Wildman–Crippen MR) is 90.5 cm³/mol. The van der Waals surface area contributed by atoms with Gasteiger partial charge in [0.2, 0.25) is 0 Å². The van der Waals surface area contributed by atoms with Crippen molar-refractivity contribution in [2.24, 2.45) is 0 Å². The number of anilines is 2. The Morgan fingerprint density at radius 1 is 1.13 bits per heavy atom. The van der Waals surface area contributed by atoms with Gasteiger partial charge in [0, 0.05) is 48.0 Å². The highest BCUT2D eigenvalue weighted by Gasteiger charge is 2.22. The van der Waals surface area contributed by atoms with Crippen LogP contribution < -0.4 is 10.2 Å². The van der Waals surface area contributed by atoms with Crippen molar-refractivity contribution < 1.29 is 9.32 Å². The van der Waals surface area contributed by atoms with Crippen LogP contribution in [0, 0.1) is 6.92 Å². The van der Waals surface area contributed by atoms with Gasteiger partial charge in [0.05, 0.1) is 0 Å². The minimum absolute atomic E-state index is 0.179. The van der Waals surface area contributed by atoms with Gasteiger partial charge in [-0.25, -0.2) is 4.79 Å². The number of hydrogen-bond acceptors (Lipinski definition) is 4. The maximum absolute atomic E-state index is 12.2. The minimum Gasteiger partial charge on any atom is -0.368 e. The smallest absolute Gasteiger partial charge is 0.323 e. The van der Waals surface area contributed by atoms with Gasteiger partial charge in [-0.2, -0.15) is 0 Å². The van der Waals surface area contributed by atoms with E-state index in [1.807, 2.05) is 12.1 Å². The second kappa shape index (κ2) is 6.68. The molecule has 2 heterocycles. The molecule has 0 unspecified atom stereocenters. The van der Waals surface area contributed by atoms with E-state index in [-0.39, 0.29) is 6.03 Å². The van der Waals surface area contributed by atoms with Crippen molar-refractivity contribution in [1.29, 1.82) is 0 Å². The molecule has 0 spiro atoms. The summed E-state index contributed by atoms with van der Waals surface area (Å²) in [7, 11) is 0. The van der Waals surface area contributed by atoms with Crippen LogP contribution in [-0.2, 0) is 0 Å². The van der Waals surface area contributed by atoms with Gasteiger partial charge in [-0.15, -0.1) is 0 Å². The molecule has 2 aromatic rings. The summed E-state index contributed by atoms with van der Waals surface area (Å²) >= 11 is 12.1. The monoisotopic (exact) mass is 354 g/mol. The third-order valence-corrected chi connectivity index (χ3v) is 4.08. The molecule has 0 radical (unpaired) electrons. The Balaban J connectivity index is 1.58. The van der Waals surface area contributed by atoms with Crippen molar-refractivity contribution in [3.63, 3.8) is 0 Å². The normalized spacial score (nSPS) is 14.9. The number of urea groups is 1. The Kier molecular flexibility index (Phi) is 4.63. The molecule has 1 fully saturated rings. The molecule has 6 nitrogen and oxygen atoms in total. The predicted octanol–water partition coefficient (Wildman–Crippen LogP) is 3.64. The second-order valence-corrected chi connectivity index (χ2v) is 6.23. The maximum Gasteiger partial charge on any atom is 0.323 e. The number of amides is 2. The highest BCUT2D eigenvalue weighted by Crippen LogP contribution is 2.26. The first-order valence-electron chi connectivity index (χ1n) is 7.21. The summed E-state index contributed by atoms with van der Waals surface area (Å²) in [5.74, 6) is 1.08. The molecule has 23 heavy (non-hydrogen) atoms. The summed E-state index contributed by atoms with van der Waals surface area (Å²) in [4.78, 5) is 16.1.